The number of fused-ring (bicyclic) bond motifs is 6. The van der Waals surface area contributed by atoms with Crippen LogP contribution in [0.3, 0.4) is 0 Å². The van der Waals surface area contributed by atoms with Gasteiger partial charge in [0, 0.05) is 46.8 Å². The van der Waals surface area contributed by atoms with Crippen molar-refractivity contribution >= 4 is 86.4 Å². The number of furan rings is 1. The van der Waals surface area contributed by atoms with Gasteiger partial charge in [-0.15, -0.1) is 11.3 Å². The normalized spacial score (nSPS) is 11.6. The van der Waals surface area contributed by atoms with Gasteiger partial charge < -0.3 is 9.32 Å². The van der Waals surface area contributed by atoms with Gasteiger partial charge in [0.25, 0.3) is 0 Å². The minimum atomic E-state index is 0.875. The smallest absolute Gasteiger partial charge is 0.159 e. The van der Waals surface area contributed by atoms with E-state index in [4.69, 9.17) is 4.42 Å². The van der Waals surface area contributed by atoms with E-state index >= 15 is 0 Å². The molecule has 2 nitrogen and oxygen atoms in total. The lowest BCUT2D eigenvalue weighted by molar-refractivity contribution is 0.669. The Morgan fingerprint density at radius 3 is 2.17 bits per heavy atom. The minimum Gasteiger partial charge on any atom is -0.454 e. The van der Waals surface area contributed by atoms with E-state index in [9.17, 15) is 0 Å². The monoisotopic (exact) mass is 595 g/mol. The lowest BCUT2D eigenvalue weighted by Crippen LogP contribution is -2.10. The van der Waals surface area contributed by atoms with Crippen molar-refractivity contribution in [3.8, 4) is 11.1 Å². The molecule has 0 amide bonds. The van der Waals surface area contributed by atoms with Crippen LogP contribution in [0.2, 0.25) is 0 Å². The maximum absolute atomic E-state index is 6.54. The van der Waals surface area contributed by atoms with Gasteiger partial charge in [-0.3, -0.25) is 0 Å². The van der Waals surface area contributed by atoms with Crippen LogP contribution in [0.15, 0.2) is 142 Å². The second-order valence-electron chi connectivity index (χ2n) is 9.91. The first-order chi connectivity index (χ1) is 19.7. The summed E-state index contributed by atoms with van der Waals surface area (Å²) in [4.78, 5) is 2.33. The molecule has 8 aromatic rings. The standard InChI is InChI=1S/C36H22BrNOS/c37-31-22-26(21-30-28-15-5-7-19-34(28)40-36(30)31)38(25-13-8-12-24(20-25)23-10-2-1-3-11-23)32-17-9-16-29-27-14-4-6-18-33(27)39-35(29)32/h1-22H. The fourth-order valence-electron chi connectivity index (χ4n) is 5.69. The maximum Gasteiger partial charge on any atom is 0.159 e. The number of nitrogens with zero attached hydrogens (tertiary/aromatic N) is 1. The molecule has 0 saturated carbocycles. The first-order valence-electron chi connectivity index (χ1n) is 13.2. The molecule has 0 unspecified atom stereocenters. The summed E-state index contributed by atoms with van der Waals surface area (Å²) in [6.07, 6.45) is 0. The third-order valence-electron chi connectivity index (χ3n) is 7.51. The Morgan fingerprint density at radius 1 is 0.550 bits per heavy atom. The Morgan fingerprint density at radius 2 is 1.27 bits per heavy atom. The molecule has 8 rings (SSSR count). The maximum atomic E-state index is 6.54. The molecule has 2 aromatic heterocycles. The van der Waals surface area contributed by atoms with Gasteiger partial charge in [0.2, 0.25) is 0 Å². The molecule has 0 saturated heterocycles. The number of halogens is 1. The molecule has 0 atom stereocenters. The molecule has 0 fully saturated rings. The van der Waals surface area contributed by atoms with E-state index in [1.165, 1.54) is 31.3 Å². The van der Waals surface area contributed by atoms with Crippen LogP contribution >= 0.6 is 27.3 Å². The number of hydrogen-bond acceptors (Lipinski definition) is 3. The molecule has 2 heterocycles. The number of benzene rings is 6. The van der Waals surface area contributed by atoms with Crippen molar-refractivity contribution in [1.82, 2.24) is 0 Å². The molecule has 0 spiro atoms. The van der Waals surface area contributed by atoms with Gasteiger partial charge in [-0.2, -0.15) is 0 Å². The quantitative estimate of drug-likeness (QED) is 0.201. The van der Waals surface area contributed by atoms with Crippen LogP contribution in [-0.2, 0) is 0 Å². The SMILES string of the molecule is Brc1cc(N(c2cccc(-c3ccccc3)c2)c2cccc3c2oc2ccccc23)cc2c1sc1ccccc12. The van der Waals surface area contributed by atoms with Crippen LogP contribution in [0, 0.1) is 0 Å². The zero-order chi connectivity index (χ0) is 26.6. The Bertz CT molecular complexity index is 2190. The Kier molecular flexibility index (Phi) is 5.51. The molecule has 6 aromatic carbocycles. The molecule has 0 bridgehead atoms. The Labute approximate surface area is 243 Å². The van der Waals surface area contributed by atoms with Gasteiger partial charge in [0.05, 0.1) is 5.69 Å². The van der Waals surface area contributed by atoms with Crippen LogP contribution in [0.25, 0.3) is 53.2 Å². The van der Waals surface area contributed by atoms with E-state index in [1.807, 2.05) is 23.5 Å². The van der Waals surface area contributed by atoms with Crippen LogP contribution < -0.4 is 4.90 Å². The predicted octanol–water partition coefficient (Wildman–Crippen LogP) is 11.9. The fourth-order valence-corrected chi connectivity index (χ4v) is 7.47. The largest absolute Gasteiger partial charge is 0.454 e. The zero-order valence-electron chi connectivity index (χ0n) is 21.3. The van der Waals surface area contributed by atoms with E-state index in [2.05, 4.69) is 142 Å². The van der Waals surface area contributed by atoms with Crippen LogP contribution in [0.1, 0.15) is 0 Å². The average Bonchev–Trinajstić information content (AvgIpc) is 3.58. The second-order valence-corrected chi connectivity index (χ2v) is 11.8. The molecule has 0 aliphatic carbocycles. The number of rotatable bonds is 4. The van der Waals surface area contributed by atoms with Crippen LogP contribution in [-0.4, -0.2) is 0 Å². The topological polar surface area (TPSA) is 16.4 Å². The van der Waals surface area contributed by atoms with E-state index in [-0.39, 0.29) is 0 Å². The fraction of sp³-hybridized carbons (Fsp3) is 0. The third-order valence-corrected chi connectivity index (χ3v) is 9.62. The summed E-state index contributed by atoms with van der Waals surface area (Å²) in [7, 11) is 0. The second kappa shape index (κ2) is 9.37. The van der Waals surface area contributed by atoms with Crippen LogP contribution in [0.5, 0.6) is 0 Å². The average molecular weight is 597 g/mol. The molecule has 190 valence electrons. The first-order valence-corrected chi connectivity index (χ1v) is 14.8. The van der Waals surface area contributed by atoms with Crippen molar-refractivity contribution in [2.45, 2.75) is 0 Å². The van der Waals surface area contributed by atoms with Crippen molar-refractivity contribution in [2.24, 2.45) is 0 Å². The minimum absolute atomic E-state index is 0.875. The first kappa shape index (κ1) is 23.5. The lowest BCUT2D eigenvalue weighted by Gasteiger charge is -2.26. The summed E-state index contributed by atoms with van der Waals surface area (Å²) in [5, 5.41) is 4.74. The van der Waals surface area contributed by atoms with Crippen LogP contribution in [0.4, 0.5) is 17.1 Å². The summed E-state index contributed by atoms with van der Waals surface area (Å²) in [6, 6.07) is 47.2. The third kappa shape index (κ3) is 3.75. The van der Waals surface area contributed by atoms with E-state index in [0.717, 1.165) is 43.5 Å². The number of anilines is 3. The summed E-state index contributed by atoms with van der Waals surface area (Å²) < 4.78 is 10.2. The molecular formula is C36H22BrNOS. The van der Waals surface area contributed by atoms with E-state index < -0.39 is 0 Å². The van der Waals surface area contributed by atoms with Gasteiger partial charge in [-0.1, -0.05) is 91.0 Å². The highest BCUT2D eigenvalue weighted by Gasteiger charge is 2.21. The van der Waals surface area contributed by atoms with Crippen molar-refractivity contribution in [3.63, 3.8) is 0 Å². The molecule has 0 aliphatic heterocycles. The molecule has 0 aliphatic rings. The van der Waals surface area contributed by atoms with Gasteiger partial charge in [-0.25, -0.2) is 0 Å². The van der Waals surface area contributed by atoms with Crippen molar-refractivity contribution in [1.29, 1.82) is 0 Å². The van der Waals surface area contributed by atoms with Gasteiger partial charge in [0.1, 0.15) is 5.58 Å². The van der Waals surface area contributed by atoms with Crippen molar-refractivity contribution in [2.75, 3.05) is 4.90 Å². The summed E-state index contributed by atoms with van der Waals surface area (Å²) in [6.45, 7) is 0. The predicted molar refractivity (Wildman–Crippen MR) is 174 cm³/mol. The van der Waals surface area contributed by atoms with Gasteiger partial charge >= 0.3 is 0 Å². The highest BCUT2D eigenvalue weighted by Crippen LogP contribution is 2.46. The van der Waals surface area contributed by atoms with Gasteiger partial charge in [-0.05, 0) is 69.5 Å². The molecule has 0 radical (unpaired) electrons. The number of hydrogen-bond donors (Lipinski definition) is 0. The highest BCUT2D eigenvalue weighted by atomic mass is 79.9. The number of thiophene rings is 1. The molecule has 4 heteroatoms. The van der Waals surface area contributed by atoms with Crippen molar-refractivity contribution < 1.29 is 4.42 Å². The highest BCUT2D eigenvalue weighted by molar-refractivity contribution is 9.10. The van der Waals surface area contributed by atoms with E-state index in [1.54, 1.807) is 0 Å². The molecule has 40 heavy (non-hydrogen) atoms. The molecule has 0 N–H and O–H groups in total. The Hall–Kier alpha value is -4.38. The molecular weight excluding hydrogens is 574 g/mol. The summed E-state index contributed by atoms with van der Waals surface area (Å²) in [5.41, 5.74) is 7.27. The lowest BCUT2D eigenvalue weighted by atomic mass is 10.0. The Balaban J connectivity index is 1.43. The van der Waals surface area contributed by atoms with Gasteiger partial charge in [0.15, 0.2) is 5.58 Å². The van der Waals surface area contributed by atoms with E-state index in [0.29, 0.717) is 0 Å². The summed E-state index contributed by atoms with van der Waals surface area (Å²) >= 11 is 5.75. The van der Waals surface area contributed by atoms with Crippen molar-refractivity contribution in [3.05, 3.63) is 138 Å². The zero-order valence-corrected chi connectivity index (χ0v) is 23.7. The number of para-hydroxylation sites is 2. The summed E-state index contributed by atoms with van der Waals surface area (Å²) in [5.74, 6) is 0.